The van der Waals surface area contributed by atoms with Crippen LogP contribution in [0.1, 0.15) is 68.0 Å². The van der Waals surface area contributed by atoms with E-state index < -0.39 is 16.1 Å². The average Bonchev–Trinajstić information content (AvgIpc) is 3.68. The van der Waals surface area contributed by atoms with Gasteiger partial charge in [0.2, 0.25) is 5.91 Å². The van der Waals surface area contributed by atoms with Gasteiger partial charge in [0, 0.05) is 44.8 Å². The molecule has 3 saturated heterocycles. The first-order valence-electron chi connectivity index (χ1n) is 15.9. The summed E-state index contributed by atoms with van der Waals surface area (Å²) in [5.74, 6) is 2.97. The third-order valence-electron chi connectivity index (χ3n) is 9.13. The molecule has 0 aliphatic carbocycles. The molecule has 0 spiro atoms. The number of ether oxygens (including phenoxy) is 1. The number of fused-ring (bicyclic) bond motifs is 1. The lowest BCUT2D eigenvalue weighted by Gasteiger charge is -2.35. The number of benzene rings is 2. The molecule has 1 atom stereocenters. The first-order valence-corrected chi connectivity index (χ1v) is 18.5. The van der Waals surface area contributed by atoms with Gasteiger partial charge in [0.25, 0.3) is 11.8 Å². The van der Waals surface area contributed by atoms with Crippen LogP contribution in [0.3, 0.4) is 0 Å². The molecule has 8 nitrogen and oxygen atoms in total. The van der Waals surface area contributed by atoms with Gasteiger partial charge in [-0.1, -0.05) is 56.3 Å². The van der Waals surface area contributed by atoms with E-state index in [2.05, 4.69) is 52.9 Å². The number of nitrogens with zero attached hydrogens (tertiary/aromatic N) is 3. The lowest BCUT2D eigenvalue weighted by atomic mass is 10.0. The van der Waals surface area contributed by atoms with Crippen LogP contribution in [0.15, 0.2) is 48.5 Å². The van der Waals surface area contributed by atoms with Gasteiger partial charge in [0.05, 0.1) is 6.61 Å². The number of carbonyl (C=O) groups excluding carboxylic acids is 3. The lowest BCUT2D eigenvalue weighted by Crippen LogP contribution is -2.55. The van der Waals surface area contributed by atoms with Crippen molar-refractivity contribution in [1.29, 1.82) is 0 Å². The predicted octanol–water partition coefficient (Wildman–Crippen LogP) is 4.61. The SMILES string of the molecule is CC.CS1(CCOCN2C(=O)CCC(N3Cc4cc(CNC5CCN(Cc6ccccc6)CC5)ccc4C3=O)C2=O)CC1.[HH]. The van der Waals surface area contributed by atoms with Gasteiger partial charge in [-0.05, 0) is 72.9 Å². The fourth-order valence-electron chi connectivity index (χ4n) is 6.17. The molecule has 0 saturated carbocycles. The summed E-state index contributed by atoms with van der Waals surface area (Å²) < 4.78 is 5.75. The Balaban J connectivity index is 0.00000144. The maximum absolute atomic E-state index is 13.3. The molecule has 2 aromatic carbocycles. The Hall–Kier alpha value is -2.72. The summed E-state index contributed by atoms with van der Waals surface area (Å²) in [4.78, 5) is 44.5. The van der Waals surface area contributed by atoms with Crippen molar-refractivity contribution in [3.8, 4) is 0 Å². The average molecular weight is 611 g/mol. The van der Waals surface area contributed by atoms with Crippen LogP contribution in [0, 0.1) is 0 Å². The Kier molecular flexibility index (Phi) is 10.6. The number of likely N-dealkylation sites (tertiary alicyclic amines) is 2. The van der Waals surface area contributed by atoms with E-state index in [0.29, 0.717) is 31.2 Å². The van der Waals surface area contributed by atoms with Crippen LogP contribution in [-0.2, 0) is 34.0 Å². The van der Waals surface area contributed by atoms with Gasteiger partial charge in [0.1, 0.15) is 12.8 Å². The van der Waals surface area contributed by atoms with Gasteiger partial charge in [0.15, 0.2) is 0 Å². The molecule has 4 heterocycles. The highest BCUT2D eigenvalue weighted by Crippen LogP contribution is 2.57. The number of imide groups is 1. The van der Waals surface area contributed by atoms with E-state index in [1.165, 1.54) is 22.0 Å². The molecular formula is C34H50N4O4S. The molecule has 43 heavy (non-hydrogen) atoms. The first-order chi connectivity index (χ1) is 20.9. The van der Waals surface area contributed by atoms with Gasteiger partial charge in [-0.3, -0.25) is 24.2 Å². The van der Waals surface area contributed by atoms with Crippen molar-refractivity contribution in [3.63, 3.8) is 0 Å². The highest BCUT2D eigenvalue weighted by Gasteiger charge is 2.43. The standard InChI is InChI=1S/C32H42N4O4S.C2H6.H2/c1-41(17-18-41)16-15-40-23-36-30(37)10-9-29(32(36)39)35-22-26-19-25(7-8-28(26)31(35)38)20-33-27-11-13-34(14-12-27)21-24-5-3-2-4-6-24;1-2;/h2-8,19,27,29,33H,9-18,20-23H2,1H3;1-2H3;1H. The number of hydrogen-bond acceptors (Lipinski definition) is 6. The Morgan fingerprint density at radius 3 is 2.44 bits per heavy atom. The fraction of sp³-hybridized carbons (Fsp3) is 0.559. The molecule has 6 rings (SSSR count). The second kappa shape index (κ2) is 14.4. The molecule has 1 N–H and O–H groups in total. The van der Waals surface area contributed by atoms with Gasteiger partial charge in [-0.15, -0.1) is 0 Å². The summed E-state index contributed by atoms with van der Waals surface area (Å²) in [7, 11) is -0.466. The molecular weight excluding hydrogens is 560 g/mol. The Bertz CT molecular complexity index is 1280. The Labute approximate surface area is 259 Å². The van der Waals surface area contributed by atoms with Crippen molar-refractivity contribution >= 4 is 27.7 Å². The van der Waals surface area contributed by atoms with E-state index >= 15 is 0 Å². The third kappa shape index (κ3) is 7.87. The maximum atomic E-state index is 13.3. The zero-order valence-corrected chi connectivity index (χ0v) is 26.9. The molecule has 2 aromatic rings. The van der Waals surface area contributed by atoms with Crippen molar-refractivity contribution in [3.05, 3.63) is 70.8 Å². The molecule has 4 aliphatic rings. The predicted molar refractivity (Wildman–Crippen MR) is 175 cm³/mol. The monoisotopic (exact) mass is 610 g/mol. The summed E-state index contributed by atoms with van der Waals surface area (Å²) in [5.41, 5.74) is 4.13. The van der Waals surface area contributed by atoms with E-state index in [0.717, 1.165) is 55.9 Å². The molecule has 9 heteroatoms. The Morgan fingerprint density at radius 2 is 1.72 bits per heavy atom. The van der Waals surface area contributed by atoms with E-state index in [4.69, 9.17) is 4.74 Å². The van der Waals surface area contributed by atoms with Crippen molar-refractivity contribution < 1.29 is 20.5 Å². The second-order valence-electron chi connectivity index (χ2n) is 12.2. The molecule has 236 valence electrons. The van der Waals surface area contributed by atoms with Crippen LogP contribution in [0.2, 0.25) is 0 Å². The lowest BCUT2D eigenvalue weighted by molar-refractivity contribution is -0.158. The van der Waals surface area contributed by atoms with Crippen molar-refractivity contribution in [1.82, 2.24) is 20.0 Å². The number of nitrogens with one attached hydrogen (secondary N) is 1. The van der Waals surface area contributed by atoms with Crippen molar-refractivity contribution in [2.45, 2.75) is 71.2 Å². The Morgan fingerprint density at radius 1 is 0.977 bits per heavy atom. The topological polar surface area (TPSA) is 82.2 Å². The summed E-state index contributed by atoms with van der Waals surface area (Å²) in [6.45, 7) is 8.90. The van der Waals surface area contributed by atoms with E-state index in [1.54, 1.807) is 4.90 Å². The number of hydrogen-bond donors (Lipinski definition) is 1. The van der Waals surface area contributed by atoms with Gasteiger partial charge in [-0.2, -0.15) is 0 Å². The number of carbonyl (C=O) groups is 3. The molecule has 3 amide bonds. The quantitative estimate of drug-likeness (QED) is 0.227. The minimum absolute atomic E-state index is 0. The highest BCUT2D eigenvalue weighted by molar-refractivity contribution is 8.38. The molecule has 0 aromatic heterocycles. The largest absolute Gasteiger partial charge is 0.360 e. The number of piperidine rings is 2. The van der Waals surface area contributed by atoms with Crippen LogP contribution in [0.5, 0.6) is 0 Å². The van der Waals surface area contributed by atoms with Crippen molar-refractivity contribution in [2.75, 3.05) is 49.9 Å². The van der Waals surface area contributed by atoms with E-state index in [1.807, 2.05) is 26.0 Å². The summed E-state index contributed by atoms with van der Waals surface area (Å²) in [6, 6.07) is 16.5. The molecule has 0 bridgehead atoms. The third-order valence-corrected chi connectivity index (χ3v) is 12.1. The molecule has 1 unspecified atom stereocenters. The summed E-state index contributed by atoms with van der Waals surface area (Å²) in [6.07, 6.45) is 5.18. The van der Waals surface area contributed by atoms with Crippen LogP contribution in [-0.4, -0.2) is 94.4 Å². The molecule has 0 radical (unpaired) electrons. The highest BCUT2D eigenvalue weighted by atomic mass is 32.3. The molecule has 3 fully saturated rings. The zero-order chi connectivity index (χ0) is 30.4. The fourth-order valence-corrected chi connectivity index (χ4v) is 8.23. The molecule has 4 aliphatic heterocycles. The van der Waals surface area contributed by atoms with Crippen LogP contribution in [0.4, 0.5) is 0 Å². The van der Waals surface area contributed by atoms with Gasteiger partial charge >= 0.3 is 0 Å². The first kappa shape index (κ1) is 31.7. The summed E-state index contributed by atoms with van der Waals surface area (Å²) in [5, 5.41) is 3.72. The summed E-state index contributed by atoms with van der Waals surface area (Å²) >= 11 is 0. The van der Waals surface area contributed by atoms with Crippen LogP contribution in [0.25, 0.3) is 0 Å². The zero-order valence-electron chi connectivity index (χ0n) is 26.1. The minimum Gasteiger partial charge on any atom is -0.360 e. The van der Waals surface area contributed by atoms with E-state index in [-0.39, 0.29) is 32.3 Å². The minimum atomic E-state index is -0.620. The number of rotatable bonds is 11. The normalized spacial score (nSPS) is 22.7. The van der Waals surface area contributed by atoms with Crippen LogP contribution < -0.4 is 5.32 Å². The van der Waals surface area contributed by atoms with E-state index in [9.17, 15) is 14.4 Å². The second-order valence-corrected chi connectivity index (χ2v) is 16.4. The van der Waals surface area contributed by atoms with Crippen molar-refractivity contribution in [2.24, 2.45) is 0 Å². The van der Waals surface area contributed by atoms with Gasteiger partial charge < -0.3 is 15.0 Å². The maximum Gasteiger partial charge on any atom is 0.255 e. The smallest absolute Gasteiger partial charge is 0.255 e. The number of amides is 3. The van der Waals surface area contributed by atoms with Gasteiger partial charge in [-0.25, -0.2) is 10.0 Å². The van der Waals surface area contributed by atoms with Crippen LogP contribution >= 0.6 is 10.0 Å².